The molecule has 0 fully saturated rings. The number of aromatic nitrogens is 2. The molecule has 0 atom stereocenters. The number of aryl methyl sites for hydroxylation is 2. The summed E-state index contributed by atoms with van der Waals surface area (Å²) in [5.41, 5.74) is 2.25. The standard InChI is InChI=1S/C17H24N4O3/c1-5-7-18-16(22)6-8-19-17(23)14-9-11(2)21(13(14)4)15-10-12(3)24-20-15/h9-10H,5-8H2,1-4H3,(H,18,22)(H,19,23). The van der Waals surface area contributed by atoms with Gasteiger partial charge in [0.25, 0.3) is 5.91 Å². The van der Waals surface area contributed by atoms with Crippen LogP contribution in [0.1, 0.15) is 47.3 Å². The zero-order valence-electron chi connectivity index (χ0n) is 14.6. The monoisotopic (exact) mass is 332 g/mol. The first-order chi connectivity index (χ1) is 11.4. The van der Waals surface area contributed by atoms with Gasteiger partial charge in [0, 0.05) is 37.0 Å². The number of amides is 2. The van der Waals surface area contributed by atoms with E-state index in [-0.39, 0.29) is 18.2 Å². The lowest BCUT2D eigenvalue weighted by molar-refractivity contribution is -0.120. The fraction of sp³-hybridized carbons (Fsp3) is 0.471. The van der Waals surface area contributed by atoms with E-state index in [1.165, 1.54) is 0 Å². The molecular weight excluding hydrogens is 308 g/mol. The molecule has 0 unspecified atom stereocenters. The molecule has 0 aliphatic heterocycles. The van der Waals surface area contributed by atoms with Gasteiger partial charge in [0.2, 0.25) is 5.91 Å². The van der Waals surface area contributed by atoms with Crippen molar-refractivity contribution in [3.63, 3.8) is 0 Å². The van der Waals surface area contributed by atoms with Gasteiger partial charge in [-0.1, -0.05) is 12.1 Å². The van der Waals surface area contributed by atoms with Crippen LogP contribution in [-0.4, -0.2) is 34.6 Å². The van der Waals surface area contributed by atoms with Crippen molar-refractivity contribution < 1.29 is 14.1 Å². The first-order valence-electron chi connectivity index (χ1n) is 8.11. The summed E-state index contributed by atoms with van der Waals surface area (Å²) in [4.78, 5) is 23.9. The third-order valence-electron chi connectivity index (χ3n) is 3.73. The van der Waals surface area contributed by atoms with Crippen LogP contribution in [0.3, 0.4) is 0 Å². The van der Waals surface area contributed by atoms with Crippen LogP contribution in [0.15, 0.2) is 16.7 Å². The van der Waals surface area contributed by atoms with Gasteiger partial charge in [0.15, 0.2) is 5.82 Å². The van der Waals surface area contributed by atoms with Gasteiger partial charge in [-0.25, -0.2) is 0 Å². The molecule has 24 heavy (non-hydrogen) atoms. The Hall–Kier alpha value is -2.57. The molecule has 2 aromatic heterocycles. The van der Waals surface area contributed by atoms with Crippen molar-refractivity contribution in [3.8, 4) is 5.82 Å². The maximum atomic E-state index is 12.4. The molecule has 2 aromatic rings. The maximum Gasteiger partial charge on any atom is 0.253 e. The molecule has 0 spiro atoms. The Balaban J connectivity index is 2.02. The summed E-state index contributed by atoms with van der Waals surface area (Å²) in [5.74, 6) is 1.11. The van der Waals surface area contributed by atoms with Crippen molar-refractivity contribution in [1.29, 1.82) is 0 Å². The summed E-state index contributed by atoms with van der Waals surface area (Å²) < 4.78 is 6.98. The molecule has 7 heteroatoms. The number of nitrogens with zero attached hydrogens (tertiary/aromatic N) is 2. The Bertz CT molecular complexity index is 730. The van der Waals surface area contributed by atoms with E-state index in [9.17, 15) is 9.59 Å². The Morgan fingerprint density at radius 1 is 1.17 bits per heavy atom. The predicted octanol–water partition coefficient (Wildman–Crippen LogP) is 2.04. The lowest BCUT2D eigenvalue weighted by Gasteiger charge is -2.07. The summed E-state index contributed by atoms with van der Waals surface area (Å²) in [7, 11) is 0. The predicted molar refractivity (Wildman–Crippen MR) is 90.3 cm³/mol. The van der Waals surface area contributed by atoms with Gasteiger partial charge >= 0.3 is 0 Å². The van der Waals surface area contributed by atoms with Crippen LogP contribution in [0.25, 0.3) is 5.82 Å². The molecule has 0 aliphatic rings. The second-order valence-corrected chi connectivity index (χ2v) is 5.77. The second-order valence-electron chi connectivity index (χ2n) is 5.77. The van der Waals surface area contributed by atoms with Crippen LogP contribution >= 0.6 is 0 Å². The minimum Gasteiger partial charge on any atom is -0.360 e. The van der Waals surface area contributed by atoms with Gasteiger partial charge in [0.1, 0.15) is 5.76 Å². The smallest absolute Gasteiger partial charge is 0.253 e. The molecular formula is C17H24N4O3. The number of nitrogens with one attached hydrogen (secondary N) is 2. The third kappa shape index (κ3) is 4.04. The average Bonchev–Trinajstić information content (AvgIpc) is 3.08. The molecule has 0 bridgehead atoms. The average molecular weight is 332 g/mol. The van der Waals surface area contributed by atoms with E-state index in [2.05, 4.69) is 15.8 Å². The number of hydrogen-bond donors (Lipinski definition) is 2. The van der Waals surface area contributed by atoms with Gasteiger partial charge < -0.3 is 15.2 Å². The largest absolute Gasteiger partial charge is 0.360 e. The van der Waals surface area contributed by atoms with Crippen molar-refractivity contribution in [2.75, 3.05) is 13.1 Å². The lowest BCUT2D eigenvalue weighted by atomic mass is 10.2. The van der Waals surface area contributed by atoms with E-state index < -0.39 is 0 Å². The first-order valence-corrected chi connectivity index (χ1v) is 8.11. The van der Waals surface area contributed by atoms with E-state index in [1.54, 1.807) is 0 Å². The topological polar surface area (TPSA) is 89.2 Å². The summed E-state index contributed by atoms with van der Waals surface area (Å²) >= 11 is 0. The molecule has 0 saturated carbocycles. The molecule has 2 rings (SSSR count). The first kappa shape index (κ1) is 17.8. The Morgan fingerprint density at radius 3 is 2.54 bits per heavy atom. The molecule has 2 N–H and O–H groups in total. The Morgan fingerprint density at radius 2 is 1.92 bits per heavy atom. The SMILES string of the molecule is CCCNC(=O)CCNC(=O)c1cc(C)n(-c2cc(C)on2)c1C. The fourth-order valence-corrected chi connectivity index (χ4v) is 2.54. The van der Waals surface area contributed by atoms with Gasteiger partial charge in [-0.05, 0) is 33.3 Å². The minimum absolute atomic E-state index is 0.0549. The number of hydrogen-bond acceptors (Lipinski definition) is 4. The van der Waals surface area contributed by atoms with E-state index >= 15 is 0 Å². The van der Waals surface area contributed by atoms with Crippen molar-refractivity contribution in [2.45, 2.75) is 40.5 Å². The zero-order valence-corrected chi connectivity index (χ0v) is 14.6. The van der Waals surface area contributed by atoms with Gasteiger partial charge in [-0.15, -0.1) is 0 Å². The van der Waals surface area contributed by atoms with Crippen LogP contribution in [0, 0.1) is 20.8 Å². The Kier molecular flexibility index (Phi) is 5.78. The highest BCUT2D eigenvalue weighted by Gasteiger charge is 2.18. The van der Waals surface area contributed by atoms with E-state index in [0.717, 1.165) is 17.8 Å². The molecule has 7 nitrogen and oxygen atoms in total. The third-order valence-corrected chi connectivity index (χ3v) is 3.73. The second kappa shape index (κ2) is 7.81. The molecule has 0 aliphatic carbocycles. The van der Waals surface area contributed by atoms with Crippen LogP contribution in [0.4, 0.5) is 0 Å². The highest BCUT2D eigenvalue weighted by atomic mass is 16.5. The normalized spacial score (nSPS) is 10.7. The molecule has 2 heterocycles. The van der Waals surface area contributed by atoms with Crippen LogP contribution < -0.4 is 10.6 Å². The molecule has 2 amide bonds. The summed E-state index contributed by atoms with van der Waals surface area (Å²) in [6.45, 7) is 8.55. The van der Waals surface area contributed by atoms with E-state index in [4.69, 9.17) is 4.52 Å². The van der Waals surface area contributed by atoms with Crippen molar-refractivity contribution >= 4 is 11.8 Å². The molecule has 0 saturated heterocycles. The van der Waals surface area contributed by atoms with Crippen LogP contribution in [0.5, 0.6) is 0 Å². The van der Waals surface area contributed by atoms with E-state index in [1.807, 2.05) is 44.4 Å². The maximum absolute atomic E-state index is 12.4. The molecule has 0 aromatic carbocycles. The molecule has 130 valence electrons. The highest BCUT2D eigenvalue weighted by molar-refractivity contribution is 5.96. The minimum atomic E-state index is -0.196. The van der Waals surface area contributed by atoms with E-state index in [0.29, 0.717) is 30.2 Å². The Labute approximate surface area is 141 Å². The van der Waals surface area contributed by atoms with Gasteiger partial charge in [-0.3, -0.25) is 14.2 Å². The molecule has 0 radical (unpaired) electrons. The quantitative estimate of drug-likeness (QED) is 0.812. The van der Waals surface area contributed by atoms with Crippen LogP contribution in [0.2, 0.25) is 0 Å². The summed E-state index contributed by atoms with van der Waals surface area (Å²) in [6.07, 6.45) is 1.17. The lowest BCUT2D eigenvalue weighted by Crippen LogP contribution is -2.31. The van der Waals surface area contributed by atoms with Crippen molar-refractivity contribution in [3.05, 3.63) is 34.8 Å². The van der Waals surface area contributed by atoms with Gasteiger partial charge in [0.05, 0.1) is 5.56 Å². The fourth-order valence-electron chi connectivity index (χ4n) is 2.54. The van der Waals surface area contributed by atoms with Crippen LogP contribution in [-0.2, 0) is 4.79 Å². The summed E-state index contributed by atoms with van der Waals surface area (Å²) in [6, 6.07) is 3.63. The van der Waals surface area contributed by atoms with Gasteiger partial charge in [-0.2, -0.15) is 0 Å². The van der Waals surface area contributed by atoms with Crippen molar-refractivity contribution in [2.24, 2.45) is 0 Å². The zero-order chi connectivity index (χ0) is 17.7. The van der Waals surface area contributed by atoms with Crippen molar-refractivity contribution in [1.82, 2.24) is 20.4 Å². The number of rotatable bonds is 7. The summed E-state index contributed by atoms with van der Waals surface area (Å²) in [5, 5.41) is 9.57. The number of carbonyl (C=O) groups excluding carboxylic acids is 2. The number of carbonyl (C=O) groups is 2. The highest BCUT2D eigenvalue weighted by Crippen LogP contribution is 2.20.